The molecule has 0 atom stereocenters. The molecule has 2 aromatic carbocycles. The van der Waals surface area contributed by atoms with Crippen LogP contribution in [0.1, 0.15) is 19.4 Å². The summed E-state index contributed by atoms with van der Waals surface area (Å²) in [7, 11) is 0. The number of hydroxylamine groups is 2. The Hall–Kier alpha value is -1.80. The van der Waals surface area contributed by atoms with E-state index in [1.54, 1.807) is 0 Å². The molecule has 0 radical (unpaired) electrons. The van der Waals surface area contributed by atoms with Crippen LogP contribution in [-0.4, -0.2) is 11.1 Å². The molecule has 0 aliphatic heterocycles. The van der Waals surface area contributed by atoms with Crippen molar-refractivity contribution in [2.24, 2.45) is 0 Å². The normalized spacial score (nSPS) is 10.9. The van der Waals surface area contributed by atoms with Crippen molar-refractivity contribution >= 4 is 0 Å². The highest BCUT2D eigenvalue weighted by atomic mass is 16.7. The fourth-order valence-electron chi connectivity index (χ4n) is 1.70. The van der Waals surface area contributed by atoms with Crippen LogP contribution in [-0.2, 0) is 6.54 Å². The molecule has 0 aromatic heterocycles. The second-order valence-corrected chi connectivity index (χ2v) is 4.56. The molecule has 2 heteroatoms. The van der Waals surface area contributed by atoms with Crippen LogP contribution in [0.2, 0.25) is 0 Å². The van der Waals surface area contributed by atoms with Crippen LogP contribution >= 0.6 is 0 Å². The minimum atomic E-state index is 0.324. The molecule has 2 nitrogen and oxygen atoms in total. The van der Waals surface area contributed by atoms with Crippen LogP contribution in [0.25, 0.3) is 0 Å². The topological polar surface area (TPSA) is 12.5 Å². The lowest BCUT2D eigenvalue weighted by Crippen LogP contribution is -2.33. The standard InChI is InChI=1S/C16H19NO/c1-14(2)17(13-15-9-5-3-6-10-15)18-16-11-7-4-8-12-16/h3-12,14H,13H2,1-2H3. The van der Waals surface area contributed by atoms with Gasteiger partial charge in [-0.2, -0.15) is 0 Å². The van der Waals surface area contributed by atoms with E-state index in [4.69, 9.17) is 4.84 Å². The Labute approximate surface area is 109 Å². The summed E-state index contributed by atoms with van der Waals surface area (Å²) in [5.74, 6) is 0.877. The molecule has 0 saturated carbocycles. The molecule has 0 N–H and O–H groups in total. The first-order chi connectivity index (χ1) is 8.75. The second kappa shape index (κ2) is 6.22. The SMILES string of the molecule is CC(C)N(Cc1ccccc1)Oc1ccccc1. The van der Waals surface area contributed by atoms with E-state index in [1.165, 1.54) is 5.56 Å². The van der Waals surface area contributed by atoms with Gasteiger partial charge < -0.3 is 4.84 Å². The lowest BCUT2D eigenvalue weighted by Gasteiger charge is -2.26. The summed E-state index contributed by atoms with van der Waals surface area (Å²) in [6, 6.07) is 20.6. The number of nitrogens with zero attached hydrogens (tertiary/aromatic N) is 1. The number of benzene rings is 2. The Morgan fingerprint density at radius 3 is 2.00 bits per heavy atom. The van der Waals surface area contributed by atoms with Gasteiger partial charge in [0.25, 0.3) is 0 Å². The van der Waals surface area contributed by atoms with Crippen molar-refractivity contribution in [1.82, 2.24) is 5.06 Å². The Bertz CT molecular complexity index is 412. The first-order valence-corrected chi connectivity index (χ1v) is 6.29. The van der Waals surface area contributed by atoms with Crippen molar-refractivity contribution < 1.29 is 4.84 Å². The average molecular weight is 241 g/mol. The Morgan fingerprint density at radius 1 is 0.889 bits per heavy atom. The van der Waals surface area contributed by atoms with Gasteiger partial charge >= 0.3 is 0 Å². The molecule has 2 rings (SSSR count). The summed E-state index contributed by atoms with van der Waals surface area (Å²) in [4.78, 5) is 5.91. The highest BCUT2D eigenvalue weighted by molar-refractivity contribution is 5.21. The third-order valence-electron chi connectivity index (χ3n) is 2.72. The van der Waals surface area contributed by atoms with Gasteiger partial charge in [0, 0.05) is 6.04 Å². The van der Waals surface area contributed by atoms with Crippen molar-refractivity contribution in [3.05, 3.63) is 66.2 Å². The van der Waals surface area contributed by atoms with Crippen LogP contribution < -0.4 is 4.84 Å². The minimum Gasteiger partial charge on any atom is -0.405 e. The molecule has 0 aliphatic rings. The summed E-state index contributed by atoms with van der Waals surface area (Å²) in [5.41, 5.74) is 1.25. The number of rotatable bonds is 5. The van der Waals surface area contributed by atoms with E-state index in [0.29, 0.717) is 6.04 Å². The summed E-state index contributed by atoms with van der Waals surface area (Å²) in [6.07, 6.45) is 0. The summed E-state index contributed by atoms with van der Waals surface area (Å²) in [5, 5.41) is 1.99. The van der Waals surface area contributed by atoms with Gasteiger partial charge in [-0.25, -0.2) is 0 Å². The predicted molar refractivity (Wildman–Crippen MR) is 74.2 cm³/mol. The number of para-hydroxylation sites is 1. The Balaban J connectivity index is 2.05. The van der Waals surface area contributed by atoms with Gasteiger partial charge in [0.2, 0.25) is 0 Å². The average Bonchev–Trinajstić information content (AvgIpc) is 2.40. The maximum Gasteiger partial charge on any atom is 0.147 e. The van der Waals surface area contributed by atoms with Crippen molar-refractivity contribution in [3.8, 4) is 5.75 Å². The molecule has 0 aliphatic carbocycles. The Morgan fingerprint density at radius 2 is 1.44 bits per heavy atom. The fourth-order valence-corrected chi connectivity index (χ4v) is 1.70. The molecule has 0 heterocycles. The largest absolute Gasteiger partial charge is 0.405 e. The maximum absolute atomic E-state index is 5.91. The van der Waals surface area contributed by atoms with Gasteiger partial charge in [-0.3, -0.25) is 0 Å². The van der Waals surface area contributed by atoms with Crippen molar-refractivity contribution in [3.63, 3.8) is 0 Å². The maximum atomic E-state index is 5.91. The van der Waals surface area contributed by atoms with Gasteiger partial charge in [-0.1, -0.05) is 48.5 Å². The number of hydrogen-bond acceptors (Lipinski definition) is 2. The van der Waals surface area contributed by atoms with Crippen LogP contribution in [0.15, 0.2) is 60.7 Å². The monoisotopic (exact) mass is 241 g/mol. The molecular weight excluding hydrogens is 222 g/mol. The van der Waals surface area contributed by atoms with Crippen LogP contribution in [0.4, 0.5) is 0 Å². The third-order valence-corrected chi connectivity index (χ3v) is 2.72. The highest BCUT2D eigenvalue weighted by Crippen LogP contribution is 2.15. The van der Waals surface area contributed by atoms with E-state index in [2.05, 4.69) is 38.1 Å². The molecule has 0 amide bonds. The summed E-state index contributed by atoms with van der Waals surface area (Å²) < 4.78 is 0. The van der Waals surface area contributed by atoms with Crippen molar-refractivity contribution in [2.45, 2.75) is 26.4 Å². The molecule has 2 aromatic rings. The van der Waals surface area contributed by atoms with Crippen molar-refractivity contribution in [1.29, 1.82) is 0 Å². The van der Waals surface area contributed by atoms with Crippen LogP contribution in [0.5, 0.6) is 5.75 Å². The number of hydrogen-bond donors (Lipinski definition) is 0. The van der Waals surface area contributed by atoms with Crippen LogP contribution in [0, 0.1) is 0 Å². The van der Waals surface area contributed by atoms with Crippen LogP contribution in [0.3, 0.4) is 0 Å². The molecule has 94 valence electrons. The summed E-state index contributed by atoms with van der Waals surface area (Å²) in [6.45, 7) is 5.05. The second-order valence-electron chi connectivity index (χ2n) is 4.56. The van der Waals surface area contributed by atoms with E-state index >= 15 is 0 Å². The predicted octanol–water partition coefficient (Wildman–Crippen LogP) is 3.89. The van der Waals surface area contributed by atoms with E-state index in [0.717, 1.165) is 12.3 Å². The zero-order valence-electron chi connectivity index (χ0n) is 10.9. The third kappa shape index (κ3) is 3.60. The first-order valence-electron chi connectivity index (χ1n) is 6.29. The molecule has 18 heavy (non-hydrogen) atoms. The Kier molecular flexibility index (Phi) is 4.37. The van der Waals surface area contributed by atoms with Gasteiger partial charge in [-0.15, -0.1) is 5.06 Å². The lowest BCUT2D eigenvalue weighted by molar-refractivity contribution is -0.0936. The highest BCUT2D eigenvalue weighted by Gasteiger charge is 2.12. The quantitative estimate of drug-likeness (QED) is 0.736. The van der Waals surface area contributed by atoms with E-state index in [1.807, 2.05) is 41.5 Å². The van der Waals surface area contributed by atoms with Gasteiger partial charge in [0.15, 0.2) is 0 Å². The van der Waals surface area contributed by atoms with Gasteiger partial charge in [0.05, 0.1) is 6.54 Å². The summed E-state index contributed by atoms with van der Waals surface area (Å²) >= 11 is 0. The lowest BCUT2D eigenvalue weighted by atomic mass is 10.2. The molecule has 0 spiro atoms. The van der Waals surface area contributed by atoms with E-state index in [-0.39, 0.29) is 0 Å². The smallest absolute Gasteiger partial charge is 0.147 e. The molecule has 0 saturated heterocycles. The van der Waals surface area contributed by atoms with Gasteiger partial charge in [0.1, 0.15) is 5.75 Å². The molecule has 0 bridgehead atoms. The van der Waals surface area contributed by atoms with E-state index < -0.39 is 0 Å². The molecule has 0 unspecified atom stereocenters. The van der Waals surface area contributed by atoms with Gasteiger partial charge in [-0.05, 0) is 31.5 Å². The zero-order valence-corrected chi connectivity index (χ0v) is 10.9. The van der Waals surface area contributed by atoms with E-state index in [9.17, 15) is 0 Å². The zero-order chi connectivity index (χ0) is 12.8. The first kappa shape index (κ1) is 12.7. The molecular formula is C16H19NO. The molecule has 0 fully saturated rings. The minimum absolute atomic E-state index is 0.324. The fraction of sp³-hybridized carbons (Fsp3) is 0.250. The van der Waals surface area contributed by atoms with Crippen molar-refractivity contribution in [2.75, 3.05) is 0 Å².